The third-order valence-electron chi connectivity index (χ3n) is 3.27. The van der Waals surface area contributed by atoms with Gasteiger partial charge in [0.1, 0.15) is 0 Å². The van der Waals surface area contributed by atoms with Crippen LogP contribution in [0.15, 0.2) is 18.2 Å². The van der Waals surface area contributed by atoms with E-state index in [1.165, 1.54) is 12.1 Å². The van der Waals surface area contributed by atoms with Crippen LogP contribution in [-0.4, -0.2) is 31.1 Å². The molecular formula is C12H16ClN3O2. The first-order valence-corrected chi connectivity index (χ1v) is 6.36. The summed E-state index contributed by atoms with van der Waals surface area (Å²) in [5, 5.41) is 14.3. The van der Waals surface area contributed by atoms with Crippen molar-refractivity contribution >= 4 is 23.0 Å². The van der Waals surface area contributed by atoms with Crippen molar-refractivity contribution in [2.75, 3.05) is 25.0 Å². The van der Waals surface area contributed by atoms with Gasteiger partial charge in [0.25, 0.3) is 5.69 Å². The number of halogens is 1. The molecule has 0 spiro atoms. The highest BCUT2D eigenvalue weighted by molar-refractivity contribution is 6.33. The fourth-order valence-electron chi connectivity index (χ4n) is 2.44. The standard InChI is InChI=1S/C12H16ClN3O2/c1-14-8-10-3-2-6-15(10)12-5-4-9(16(17)18)7-11(12)13/h4-5,7,10,14H,2-3,6,8H2,1H3. The van der Waals surface area contributed by atoms with E-state index in [2.05, 4.69) is 10.2 Å². The quantitative estimate of drug-likeness (QED) is 0.674. The van der Waals surface area contributed by atoms with Crippen molar-refractivity contribution in [3.05, 3.63) is 33.3 Å². The Morgan fingerprint density at radius 2 is 2.39 bits per heavy atom. The second kappa shape index (κ2) is 5.54. The molecule has 1 aliphatic rings. The van der Waals surface area contributed by atoms with Crippen molar-refractivity contribution in [1.29, 1.82) is 0 Å². The van der Waals surface area contributed by atoms with E-state index in [4.69, 9.17) is 11.6 Å². The Morgan fingerprint density at radius 1 is 1.61 bits per heavy atom. The van der Waals surface area contributed by atoms with Crippen molar-refractivity contribution in [2.24, 2.45) is 0 Å². The van der Waals surface area contributed by atoms with E-state index in [1.54, 1.807) is 6.07 Å². The van der Waals surface area contributed by atoms with Gasteiger partial charge >= 0.3 is 0 Å². The molecule has 1 atom stereocenters. The summed E-state index contributed by atoms with van der Waals surface area (Å²) in [6.45, 7) is 1.84. The highest BCUT2D eigenvalue weighted by Gasteiger charge is 2.26. The van der Waals surface area contributed by atoms with Gasteiger partial charge in [-0.15, -0.1) is 0 Å². The second-order valence-electron chi connectivity index (χ2n) is 4.44. The minimum atomic E-state index is -0.426. The summed E-state index contributed by atoms with van der Waals surface area (Å²) >= 11 is 6.15. The number of rotatable bonds is 4. The zero-order chi connectivity index (χ0) is 13.1. The average molecular weight is 270 g/mol. The van der Waals surface area contributed by atoms with E-state index in [0.717, 1.165) is 31.6 Å². The first kappa shape index (κ1) is 13.1. The third-order valence-corrected chi connectivity index (χ3v) is 3.57. The van der Waals surface area contributed by atoms with Gasteiger partial charge in [-0.3, -0.25) is 10.1 Å². The Bertz CT molecular complexity index is 453. The van der Waals surface area contributed by atoms with Gasteiger partial charge in [0.15, 0.2) is 0 Å². The number of nitro groups is 1. The Labute approximate surface area is 111 Å². The Hall–Kier alpha value is -1.33. The molecule has 2 rings (SSSR count). The van der Waals surface area contributed by atoms with Gasteiger partial charge in [-0.05, 0) is 26.0 Å². The van der Waals surface area contributed by atoms with Gasteiger partial charge in [0, 0.05) is 31.3 Å². The number of non-ortho nitro benzene ring substituents is 1. The monoisotopic (exact) mass is 269 g/mol. The maximum atomic E-state index is 10.7. The molecular weight excluding hydrogens is 254 g/mol. The van der Waals surface area contributed by atoms with E-state index in [0.29, 0.717) is 11.1 Å². The van der Waals surface area contributed by atoms with Gasteiger partial charge < -0.3 is 10.2 Å². The summed E-state index contributed by atoms with van der Waals surface area (Å²) < 4.78 is 0. The predicted octanol–water partition coefficient (Wildman–Crippen LogP) is 2.44. The molecule has 1 aliphatic heterocycles. The number of nitro benzene ring substituents is 1. The van der Waals surface area contributed by atoms with Gasteiger partial charge in [0.05, 0.1) is 15.6 Å². The molecule has 1 unspecified atom stereocenters. The molecule has 0 aliphatic carbocycles. The third kappa shape index (κ3) is 2.57. The highest BCUT2D eigenvalue weighted by atomic mass is 35.5. The summed E-state index contributed by atoms with van der Waals surface area (Å²) in [6, 6.07) is 5.09. The molecule has 1 aromatic rings. The number of hydrogen-bond acceptors (Lipinski definition) is 4. The summed E-state index contributed by atoms with van der Waals surface area (Å²) in [5.41, 5.74) is 0.924. The van der Waals surface area contributed by atoms with Crippen LogP contribution in [0.1, 0.15) is 12.8 Å². The minimum Gasteiger partial charge on any atom is -0.366 e. The lowest BCUT2D eigenvalue weighted by Gasteiger charge is -2.27. The molecule has 0 saturated carbocycles. The fraction of sp³-hybridized carbons (Fsp3) is 0.500. The number of hydrogen-bond donors (Lipinski definition) is 1. The molecule has 0 radical (unpaired) electrons. The topological polar surface area (TPSA) is 58.4 Å². The molecule has 1 heterocycles. The number of nitrogens with zero attached hydrogens (tertiary/aromatic N) is 2. The van der Waals surface area contributed by atoms with Crippen LogP contribution in [-0.2, 0) is 0 Å². The maximum absolute atomic E-state index is 10.7. The highest BCUT2D eigenvalue weighted by Crippen LogP contribution is 2.34. The lowest BCUT2D eigenvalue weighted by molar-refractivity contribution is -0.384. The SMILES string of the molecule is CNCC1CCCN1c1ccc([N+](=O)[O-])cc1Cl. The van der Waals surface area contributed by atoms with Gasteiger partial charge in [-0.25, -0.2) is 0 Å². The van der Waals surface area contributed by atoms with Crippen LogP contribution < -0.4 is 10.2 Å². The Kier molecular flexibility index (Phi) is 4.04. The number of benzene rings is 1. The molecule has 5 nitrogen and oxygen atoms in total. The van der Waals surface area contributed by atoms with E-state index in [-0.39, 0.29) is 5.69 Å². The minimum absolute atomic E-state index is 0.0353. The summed E-state index contributed by atoms with van der Waals surface area (Å²) in [6.07, 6.45) is 2.24. The number of likely N-dealkylation sites (N-methyl/N-ethyl adjacent to an activating group) is 1. The predicted molar refractivity (Wildman–Crippen MR) is 72.4 cm³/mol. The largest absolute Gasteiger partial charge is 0.366 e. The van der Waals surface area contributed by atoms with E-state index in [1.807, 2.05) is 7.05 Å². The summed E-state index contributed by atoms with van der Waals surface area (Å²) in [5.74, 6) is 0. The molecule has 1 fully saturated rings. The number of nitrogens with one attached hydrogen (secondary N) is 1. The molecule has 0 aromatic heterocycles. The first-order valence-electron chi connectivity index (χ1n) is 5.98. The van der Waals surface area contributed by atoms with E-state index in [9.17, 15) is 10.1 Å². The average Bonchev–Trinajstić information content (AvgIpc) is 2.77. The molecule has 0 amide bonds. The lowest BCUT2D eigenvalue weighted by Crippen LogP contribution is -2.36. The smallest absolute Gasteiger partial charge is 0.271 e. The Balaban J connectivity index is 2.25. The van der Waals surface area contributed by atoms with Crippen molar-refractivity contribution in [3.8, 4) is 0 Å². The summed E-state index contributed by atoms with van der Waals surface area (Å²) in [7, 11) is 1.92. The van der Waals surface area contributed by atoms with Crippen molar-refractivity contribution in [3.63, 3.8) is 0 Å². The molecule has 6 heteroatoms. The van der Waals surface area contributed by atoms with Gasteiger partial charge in [-0.1, -0.05) is 11.6 Å². The van der Waals surface area contributed by atoms with Crippen LogP contribution in [0, 0.1) is 10.1 Å². The Morgan fingerprint density at radius 3 is 3.00 bits per heavy atom. The van der Waals surface area contributed by atoms with Crippen LogP contribution in [0.25, 0.3) is 0 Å². The fourth-order valence-corrected chi connectivity index (χ4v) is 2.73. The van der Waals surface area contributed by atoms with E-state index >= 15 is 0 Å². The van der Waals surface area contributed by atoms with Crippen LogP contribution in [0.3, 0.4) is 0 Å². The molecule has 0 bridgehead atoms. The van der Waals surface area contributed by atoms with Crippen LogP contribution in [0.2, 0.25) is 5.02 Å². The normalized spacial score (nSPS) is 19.2. The molecule has 1 aromatic carbocycles. The van der Waals surface area contributed by atoms with Crippen LogP contribution in [0.4, 0.5) is 11.4 Å². The maximum Gasteiger partial charge on any atom is 0.271 e. The van der Waals surface area contributed by atoms with Gasteiger partial charge in [0.2, 0.25) is 0 Å². The van der Waals surface area contributed by atoms with E-state index < -0.39 is 4.92 Å². The van der Waals surface area contributed by atoms with Crippen LogP contribution >= 0.6 is 11.6 Å². The first-order chi connectivity index (χ1) is 8.63. The van der Waals surface area contributed by atoms with Crippen LogP contribution in [0.5, 0.6) is 0 Å². The van der Waals surface area contributed by atoms with Crippen molar-refractivity contribution in [1.82, 2.24) is 5.32 Å². The van der Waals surface area contributed by atoms with Crippen molar-refractivity contribution in [2.45, 2.75) is 18.9 Å². The van der Waals surface area contributed by atoms with Crippen molar-refractivity contribution < 1.29 is 4.92 Å². The molecule has 1 N–H and O–H groups in total. The van der Waals surface area contributed by atoms with Gasteiger partial charge in [-0.2, -0.15) is 0 Å². The molecule has 98 valence electrons. The molecule has 18 heavy (non-hydrogen) atoms. The lowest BCUT2D eigenvalue weighted by atomic mass is 10.2. The zero-order valence-electron chi connectivity index (χ0n) is 10.2. The second-order valence-corrected chi connectivity index (χ2v) is 4.85. The summed E-state index contributed by atoms with van der Waals surface area (Å²) in [4.78, 5) is 12.5. The number of anilines is 1. The zero-order valence-corrected chi connectivity index (χ0v) is 11.0. The molecule has 1 saturated heterocycles.